The highest BCUT2D eigenvalue weighted by Gasteiger charge is 2.12. The van der Waals surface area contributed by atoms with Gasteiger partial charge in [0.25, 0.3) is 5.78 Å². The number of aromatic nitrogens is 4. The van der Waals surface area contributed by atoms with Gasteiger partial charge in [-0.2, -0.15) is 9.50 Å². The van der Waals surface area contributed by atoms with Gasteiger partial charge in [0.2, 0.25) is 0 Å². The Labute approximate surface area is 151 Å². The van der Waals surface area contributed by atoms with Crippen molar-refractivity contribution in [2.45, 2.75) is 19.8 Å². The number of ether oxygens (including phenoxy) is 2. The van der Waals surface area contributed by atoms with Crippen LogP contribution in [0.4, 0.5) is 5.82 Å². The standard InChI is InChI=1S/C18H21N5O3/c1-12-11-15(19-10-4-5-16(24)26-3)23-18(20-12)21-17(22-23)13-6-8-14(25-2)9-7-13/h6-9,11,19H,4-5,10H2,1-3H3. The minimum atomic E-state index is -0.217. The molecule has 0 aliphatic heterocycles. The number of hydrogen-bond donors (Lipinski definition) is 1. The minimum Gasteiger partial charge on any atom is -0.497 e. The highest BCUT2D eigenvalue weighted by atomic mass is 16.5. The van der Waals surface area contributed by atoms with E-state index < -0.39 is 0 Å². The lowest BCUT2D eigenvalue weighted by atomic mass is 10.2. The summed E-state index contributed by atoms with van der Waals surface area (Å²) in [5.41, 5.74) is 1.72. The van der Waals surface area contributed by atoms with Crippen molar-refractivity contribution in [3.8, 4) is 17.1 Å². The van der Waals surface area contributed by atoms with E-state index in [-0.39, 0.29) is 5.97 Å². The second-order valence-electron chi connectivity index (χ2n) is 5.76. The summed E-state index contributed by atoms with van der Waals surface area (Å²) in [6.07, 6.45) is 1.03. The molecule has 0 aliphatic carbocycles. The SMILES string of the molecule is COC(=O)CCCNc1cc(C)nc2nc(-c3ccc(OC)cc3)nn12. The predicted molar refractivity (Wildman–Crippen MR) is 97.2 cm³/mol. The molecule has 8 nitrogen and oxygen atoms in total. The Kier molecular flexibility index (Phi) is 5.31. The van der Waals surface area contributed by atoms with Crippen molar-refractivity contribution < 1.29 is 14.3 Å². The summed E-state index contributed by atoms with van der Waals surface area (Å²) in [7, 11) is 3.02. The van der Waals surface area contributed by atoms with Crippen molar-refractivity contribution in [2.24, 2.45) is 0 Å². The number of anilines is 1. The van der Waals surface area contributed by atoms with Crippen LogP contribution in [0.5, 0.6) is 5.75 Å². The lowest BCUT2D eigenvalue weighted by Gasteiger charge is -2.08. The Bertz CT molecular complexity index is 905. The van der Waals surface area contributed by atoms with E-state index >= 15 is 0 Å². The zero-order valence-corrected chi connectivity index (χ0v) is 15.0. The van der Waals surface area contributed by atoms with Crippen LogP contribution in [0.15, 0.2) is 30.3 Å². The third-order valence-corrected chi connectivity index (χ3v) is 3.88. The summed E-state index contributed by atoms with van der Waals surface area (Å²) < 4.78 is 11.5. The minimum absolute atomic E-state index is 0.217. The van der Waals surface area contributed by atoms with Gasteiger partial charge in [-0.1, -0.05) is 0 Å². The molecule has 0 amide bonds. The van der Waals surface area contributed by atoms with Crippen molar-refractivity contribution in [1.29, 1.82) is 0 Å². The van der Waals surface area contributed by atoms with Crippen molar-refractivity contribution in [3.05, 3.63) is 36.0 Å². The zero-order chi connectivity index (χ0) is 18.5. The van der Waals surface area contributed by atoms with E-state index in [0.717, 1.165) is 22.8 Å². The molecule has 136 valence electrons. The third kappa shape index (κ3) is 3.90. The number of esters is 1. The van der Waals surface area contributed by atoms with Gasteiger partial charge in [0, 0.05) is 30.3 Å². The van der Waals surface area contributed by atoms with Crippen molar-refractivity contribution >= 4 is 17.6 Å². The summed E-state index contributed by atoms with van der Waals surface area (Å²) in [4.78, 5) is 20.2. The van der Waals surface area contributed by atoms with Crippen LogP contribution < -0.4 is 10.1 Å². The van der Waals surface area contributed by atoms with Gasteiger partial charge in [0.05, 0.1) is 14.2 Å². The molecule has 8 heteroatoms. The molecule has 0 saturated carbocycles. The molecule has 0 bridgehead atoms. The van der Waals surface area contributed by atoms with Gasteiger partial charge < -0.3 is 14.8 Å². The van der Waals surface area contributed by atoms with Crippen LogP contribution in [0.2, 0.25) is 0 Å². The monoisotopic (exact) mass is 355 g/mol. The van der Waals surface area contributed by atoms with Crippen LogP contribution in [-0.4, -0.2) is 46.3 Å². The fourth-order valence-electron chi connectivity index (χ4n) is 2.53. The van der Waals surface area contributed by atoms with Crippen LogP contribution in [0, 0.1) is 6.92 Å². The van der Waals surface area contributed by atoms with Crippen LogP contribution in [0.1, 0.15) is 18.5 Å². The van der Waals surface area contributed by atoms with E-state index in [9.17, 15) is 4.79 Å². The zero-order valence-electron chi connectivity index (χ0n) is 15.0. The Balaban J connectivity index is 1.82. The second kappa shape index (κ2) is 7.81. The molecule has 3 rings (SSSR count). The molecule has 26 heavy (non-hydrogen) atoms. The number of nitrogens with zero attached hydrogens (tertiary/aromatic N) is 4. The van der Waals surface area contributed by atoms with E-state index in [1.54, 1.807) is 11.6 Å². The van der Waals surface area contributed by atoms with Gasteiger partial charge in [-0.3, -0.25) is 4.79 Å². The highest BCUT2D eigenvalue weighted by Crippen LogP contribution is 2.21. The van der Waals surface area contributed by atoms with Crippen LogP contribution in [0.3, 0.4) is 0 Å². The van der Waals surface area contributed by atoms with Gasteiger partial charge in [-0.05, 0) is 37.6 Å². The summed E-state index contributed by atoms with van der Waals surface area (Å²) in [6.45, 7) is 2.52. The van der Waals surface area contributed by atoms with Crippen LogP contribution in [-0.2, 0) is 9.53 Å². The molecule has 2 heterocycles. The molecular weight excluding hydrogens is 334 g/mol. The topological polar surface area (TPSA) is 90.6 Å². The molecule has 1 N–H and O–H groups in total. The molecule has 0 fully saturated rings. The molecule has 0 unspecified atom stereocenters. The maximum atomic E-state index is 11.2. The number of carbonyl (C=O) groups is 1. The number of methoxy groups -OCH3 is 2. The smallest absolute Gasteiger partial charge is 0.305 e. The number of benzene rings is 1. The van der Waals surface area contributed by atoms with E-state index in [4.69, 9.17) is 4.74 Å². The quantitative estimate of drug-likeness (QED) is 0.514. The molecule has 0 radical (unpaired) electrons. The van der Waals surface area contributed by atoms with Gasteiger partial charge in [-0.25, -0.2) is 4.98 Å². The van der Waals surface area contributed by atoms with Crippen LogP contribution >= 0.6 is 0 Å². The Morgan fingerprint density at radius 1 is 1.19 bits per heavy atom. The fourth-order valence-corrected chi connectivity index (χ4v) is 2.53. The maximum absolute atomic E-state index is 11.2. The van der Waals surface area contributed by atoms with Gasteiger partial charge in [-0.15, -0.1) is 5.10 Å². The van der Waals surface area contributed by atoms with Crippen LogP contribution in [0.25, 0.3) is 17.2 Å². The van der Waals surface area contributed by atoms with Crippen molar-refractivity contribution in [1.82, 2.24) is 19.6 Å². The Morgan fingerprint density at radius 3 is 2.65 bits per heavy atom. The molecular formula is C18H21N5O3. The summed E-state index contributed by atoms with van der Waals surface area (Å²) in [5, 5.41) is 7.84. The first kappa shape index (κ1) is 17.7. The summed E-state index contributed by atoms with van der Waals surface area (Å²) in [5.74, 6) is 2.45. The van der Waals surface area contributed by atoms with E-state index in [1.165, 1.54) is 7.11 Å². The molecule has 3 aromatic rings. The third-order valence-electron chi connectivity index (χ3n) is 3.88. The number of fused-ring (bicyclic) bond motifs is 1. The molecule has 0 spiro atoms. The Morgan fingerprint density at radius 2 is 1.96 bits per heavy atom. The maximum Gasteiger partial charge on any atom is 0.305 e. The normalized spacial score (nSPS) is 10.7. The number of carbonyl (C=O) groups excluding carboxylic acids is 1. The van der Waals surface area contributed by atoms with E-state index in [0.29, 0.717) is 31.0 Å². The number of rotatable bonds is 7. The molecule has 1 aromatic carbocycles. The lowest BCUT2D eigenvalue weighted by molar-refractivity contribution is -0.140. The highest BCUT2D eigenvalue weighted by molar-refractivity contribution is 5.69. The second-order valence-corrected chi connectivity index (χ2v) is 5.76. The number of aryl methyl sites for hydroxylation is 1. The first-order valence-corrected chi connectivity index (χ1v) is 8.30. The Hall–Kier alpha value is -3.16. The number of hydrogen-bond acceptors (Lipinski definition) is 7. The van der Waals surface area contributed by atoms with Crippen molar-refractivity contribution in [3.63, 3.8) is 0 Å². The van der Waals surface area contributed by atoms with E-state index in [2.05, 4.69) is 25.1 Å². The summed E-state index contributed by atoms with van der Waals surface area (Å²) >= 11 is 0. The summed E-state index contributed by atoms with van der Waals surface area (Å²) in [6, 6.07) is 9.45. The largest absolute Gasteiger partial charge is 0.497 e. The molecule has 2 aromatic heterocycles. The first-order chi connectivity index (χ1) is 12.6. The number of nitrogens with one attached hydrogen (secondary N) is 1. The van der Waals surface area contributed by atoms with Crippen molar-refractivity contribution in [2.75, 3.05) is 26.1 Å². The van der Waals surface area contributed by atoms with Gasteiger partial charge >= 0.3 is 5.97 Å². The average molecular weight is 355 g/mol. The van der Waals surface area contributed by atoms with Gasteiger partial charge in [0.1, 0.15) is 11.6 Å². The van der Waals surface area contributed by atoms with E-state index in [1.807, 2.05) is 37.3 Å². The first-order valence-electron chi connectivity index (χ1n) is 8.30. The lowest BCUT2D eigenvalue weighted by Crippen LogP contribution is -2.10. The molecule has 0 aliphatic rings. The predicted octanol–water partition coefficient (Wildman–Crippen LogP) is 2.47. The molecule has 0 atom stereocenters. The molecule has 0 saturated heterocycles. The average Bonchev–Trinajstić information content (AvgIpc) is 3.08. The van der Waals surface area contributed by atoms with Gasteiger partial charge in [0.15, 0.2) is 5.82 Å². The fraction of sp³-hybridized carbons (Fsp3) is 0.333.